The van der Waals surface area contributed by atoms with Crippen molar-refractivity contribution in [3.8, 4) is 11.8 Å². The van der Waals surface area contributed by atoms with Gasteiger partial charge in [-0.15, -0.1) is 0 Å². The van der Waals surface area contributed by atoms with E-state index >= 15 is 0 Å². The Labute approximate surface area is 111 Å². The lowest BCUT2D eigenvalue weighted by Crippen LogP contribution is -2.43. The average molecular weight is 297 g/mol. The second-order valence-electron chi connectivity index (χ2n) is 4.75. The van der Waals surface area contributed by atoms with Gasteiger partial charge in [-0.3, -0.25) is 0 Å². The summed E-state index contributed by atoms with van der Waals surface area (Å²) < 4.78 is 6.65. The molecular formula is C13H17BrN2O. The summed E-state index contributed by atoms with van der Waals surface area (Å²) in [6.45, 7) is 4.72. The molecule has 0 unspecified atom stereocenters. The van der Waals surface area contributed by atoms with Crippen molar-refractivity contribution in [1.82, 2.24) is 4.90 Å². The van der Waals surface area contributed by atoms with E-state index in [0.29, 0.717) is 17.9 Å². The van der Waals surface area contributed by atoms with Crippen LogP contribution in [-0.2, 0) is 0 Å². The van der Waals surface area contributed by atoms with Crippen molar-refractivity contribution in [3.63, 3.8) is 0 Å². The summed E-state index contributed by atoms with van der Waals surface area (Å²) in [4.78, 5) is 2.09. The minimum Gasteiger partial charge on any atom is -0.490 e. The van der Waals surface area contributed by atoms with Crippen molar-refractivity contribution in [2.75, 3.05) is 20.7 Å². The van der Waals surface area contributed by atoms with Crippen molar-refractivity contribution in [3.05, 3.63) is 28.2 Å². The van der Waals surface area contributed by atoms with Gasteiger partial charge in [0, 0.05) is 10.0 Å². The molecule has 0 spiro atoms. The van der Waals surface area contributed by atoms with Crippen LogP contribution in [0, 0.1) is 11.3 Å². The van der Waals surface area contributed by atoms with Crippen LogP contribution in [0.1, 0.15) is 19.4 Å². The highest BCUT2D eigenvalue weighted by atomic mass is 79.9. The lowest BCUT2D eigenvalue weighted by molar-refractivity contribution is 0.114. The first kappa shape index (κ1) is 14.0. The number of nitriles is 1. The lowest BCUT2D eigenvalue weighted by Gasteiger charge is -2.32. The monoisotopic (exact) mass is 296 g/mol. The Morgan fingerprint density at radius 2 is 2.06 bits per heavy atom. The van der Waals surface area contributed by atoms with Gasteiger partial charge in [-0.05, 0) is 46.1 Å². The second-order valence-corrected chi connectivity index (χ2v) is 5.66. The van der Waals surface area contributed by atoms with Gasteiger partial charge in [0.1, 0.15) is 18.4 Å². The predicted molar refractivity (Wildman–Crippen MR) is 72.1 cm³/mol. The highest BCUT2D eigenvalue weighted by molar-refractivity contribution is 9.10. The zero-order valence-corrected chi connectivity index (χ0v) is 12.2. The summed E-state index contributed by atoms with van der Waals surface area (Å²) in [5, 5.41) is 8.99. The number of nitrogens with zero attached hydrogens (tertiary/aromatic N) is 2. The number of halogens is 1. The maximum atomic E-state index is 8.99. The molecule has 0 radical (unpaired) electrons. The van der Waals surface area contributed by atoms with E-state index in [0.717, 1.165) is 4.47 Å². The zero-order valence-electron chi connectivity index (χ0n) is 10.6. The summed E-state index contributed by atoms with van der Waals surface area (Å²) in [6, 6.07) is 7.54. The van der Waals surface area contributed by atoms with E-state index < -0.39 is 0 Å². The van der Waals surface area contributed by atoms with Crippen molar-refractivity contribution in [1.29, 1.82) is 5.26 Å². The fourth-order valence-corrected chi connectivity index (χ4v) is 1.43. The first-order chi connectivity index (χ1) is 7.86. The Balaban J connectivity index is 2.83. The van der Waals surface area contributed by atoms with Crippen LogP contribution >= 0.6 is 15.9 Å². The molecule has 92 valence electrons. The third kappa shape index (κ3) is 3.72. The predicted octanol–water partition coefficient (Wildman–Crippen LogP) is 3.04. The molecule has 0 N–H and O–H groups in total. The molecule has 0 aliphatic carbocycles. The summed E-state index contributed by atoms with van der Waals surface area (Å²) in [5.41, 5.74) is 0.484. The molecule has 17 heavy (non-hydrogen) atoms. The molecule has 3 nitrogen and oxygen atoms in total. The van der Waals surface area contributed by atoms with E-state index in [1.54, 1.807) is 6.07 Å². The first-order valence-corrected chi connectivity index (χ1v) is 6.16. The first-order valence-electron chi connectivity index (χ1n) is 5.37. The molecule has 0 saturated carbocycles. The largest absolute Gasteiger partial charge is 0.490 e. The maximum Gasteiger partial charge on any atom is 0.138 e. The van der Waals surface area contributed by atoms with Crippen LogP contribution in [0.2, 0.25) is 0 Å². The lowest BCUT2D eigenvalue weighted by atomic mass is 10.1. The molecule has 0 aliphatic heterocycles. The SMILES string of the molecule is CN(C)C(C)(C)COc1cc(Br)ccc1C#N. The smallest absolute Gasteiger partial charge is 0.138 e. The summed E-state index contributed by atoms with van der Waals surface area (Å²) in [5.74, 6) is 0.622. The van der Waals surface area contributed by atoms with Crippen molar-refractivity contribution >= 4 is 15.9 Å². The van der Waals surface area contributed by atoms with E-state index in [4.69, 9.17) is 10.00 Å². The Bertz CT molecular complexity index is 436. The summed E-state index contributed by atoms with van der Waals surface area (Å²) in [6.07, 6.45) is 0. The molecule has 4 heteroatoms. The third-order valence-electron chi connectivity index (χ3n) is 2.86. The maximum absolute atomic E-state index is 8.99. The average Bonchev–Trinajstić information content (AvgIpc) is 2.26. The summed E-state index contributed by atoms with van der Waals surface area (Å²) >= 11 is 3.38. The van der Waals surface area contributed by atoms with Gasteiger partial charge >= 0.3 is 0 Å². The van der Waals surface area contributed by atoms with Gasteiger partial charge in [0.15, 0.2) is 0 Å². The zero-order chi connectivity index (χ0) is 13.1. The number of hydrogen-bond donors (Lipinski definition) is 0. The van der Waals surface area contributed by atoms with Gasteiger partial charge < -0.3 is 9.64 Å². The van der Waals surface area contributed by atoms with Crippen LogP contribution in [0.4, 0.5) is 0 Å². The quantitative estimate of drug-likeness (QED) is 0.857. The number of likely N-dealkylation sites (N-methyl/N-ethyl adjacent to an activating group) is 1. The van der Waals surface area contributed by atoms with Crippen LogP contribution < -0.4 is 4.74 Å². The van der Waals surface area contributed by atoms with Crippen molar-refractivity contribution in [2.24, 2.45) is 0 Å². The molecule has 0 bridgehead atoms. The van der Waals surface area contributed by atoms with Gasteiger partial charge in [-0.1, -0.05) is 15.9 Å². The molecule has 1 aromatic carbocycles. The van der Waals surface area contributed by atoms with Crippen LogP contribution in [-0.4, -0.2) is 31.1 Å². The number of benzene rings is 1. The van der Waals surface area contributed by atoms with Gasteiger partial charge in [0.05, 0.1) is 5.56 Å². The van der Waals surface area contributed by atoms with E-state index in [9.17, 15) is 0 Å². The van der Waals surface area contributed by atoms with E-state index in [1.807, 2.05) is 26.2 Å². The molecule has 0 amide bonds. The van der Waals surface area contributed by atoms with Crippen LogP contribution in [0.5, 0.6) is 5.75 Å². The van der Waals surface area contributed by atoms with Crippen LogP contribution in [0.25, 0.3) is 0 Å². The van der Waals surface area contributed by atoms with Gasteiger partial charge in [-0.25, -0.2) is 0 Å². The second kappa shape index (κ2) is 5.52. The van der Waals surface area contributed by atoms with E-state index in [2.05, 4.69) is 40.7 Å². The Morgan fingerprint density at radius 3 is 2.59 bits per heavy atom. The fourth-order valence-electron chi connectivity index (χ4n) is 1.09. The van der Waals surface area contributed by atoms with Gasteiger partial charge in [-0.2, -0.15) is 5.26 Å². The third-order valence-corrected chi connectivity index (χ3v) is 3.35. The Hall–Kier alpha value is -1.05. The molecule has 0 fully saturated rings. The molecule has 0 saturated heterocycles. The van der Waals surface area contributed by atoms with Crippen molar-refractivity contribution < 1.29 is 4.74 Å². The molecule has 1 aromatic rings. The Morgan fingerprint density at radius 1 is 1.41 bits per heavy atom. The number of hydrogen-bond acceptors (Lipinski definition) is 3. The standard InChI is InChI=1S/C13H17BrN2O/c1-13(2,16(3)4)9-17-12-7-11(14)6-5-10(12)8-15/h5-7H,9H2,1-4H3. The molecule has 0 heterocycles. The van der Waals surface area contributed by atoms with Crippen LogP contribution in [0.3, 0.4) is 0 Å². The van der Waals surface area contributed by atoms with E-state index in [-0.39, 0.29) is 5.54 Å². The minimum atomic E-state index is -0.0744. The molecule has 0 atom stereocenters. The van der Waals surface area contributed by atoms with Crippen LogP contribution in [0.15, 0.2) is 22.7 Å². The molecule has 0 aromatic heterocycles. The highest BCUT2D eigenvalue weighted by Gasteiger charge is 2.21. The topological polar surface area (TPSA) is 36.3 Å². The molecule has 1 rings (SSSR count). The minimum absolute atomic E-state index is 0.0744. The van der Waals surface area contributed by atoms with E-state index in [1.165, 1.54) is 0 Å². The fraction of sp³-hybridized carbons (Fsp3) is 0.462. The normalized spacial score (nSPS) is 11.4. The van der Waals surface area contributed by atoms with Crippen molar-refractivity contribution in [2.45, 2.75) is 19.4 Å². The molecule has 0 aliphatic rings. The number of ether oxygens (including phenoxy) is 1. The highest BCUT2D eigenvalue weighted by Crippen LogP contribution is 2.24. The Kier molecular flexibility index (Phi) is 4.55. The van der Waals surface area contributed by atoms with Gasteiger partial charge in [0.25, 0.3) is 0 Å². The van der Waals surface area contributed by atoms with Gasteiger partial charge in [0.2, 0.25) is 0 Å². The summed E-state index contributed by atoms with van der Waals surface area (Å²) in [7, 11) is 4.02. The molecular weight excluding hydrogens is 280 g/mol. The number of rotatable bonds is 4.